The lowest BCUT2D eigenvalue weighted by atomic mass is 10.3. The van der Waals surface area contributed by atoms with Crippen LogP contribution in [0, 0.1) is 0 Å². The molecule has 1 rings (SSSR count). The Morgan fingerprint density at radius 3 is 2.71 bits per heavy atom. The number of hydrogen-bond acceptors (Lipinski definition) is 3. The van der Waals surface area contributed by atoms with Crippen LogP contribution in [0.15, 0.2) is 30.3 Å². The lowest BCUT2D eigenvalue weighted by Crippen LogP contribution is -2.32. The van der Waals surface area contributed by atoms with E-state index in [9.17, 15) is 4.79 Å². The van der Waals surface area contributed by atoms with Gasteiger partial charge in [-0.2, -0.15) is 0 Å². The number of benzene rings is 1. The molecule has 0 aromatic heterocycles. The van der Waals surface area contributed by atoms with E-state index in [0.29, 0.717) is 5.75 Å². The predicted molar refractivity (Wildman–Crippen MR) is 52.1 cm³/mol. The average Bonchev–Trinajstić information content (AvgIpc) is 2.16. The second-order valence-electron chi connectivity index (χ2n) is 2.93. The van der Waals surface area contributed by atoms with Crippen molar-refractivity contribution in [3.05, 3.63) is 30.3 Å². The van der Waals surface area contributed by atoms with Crippen LogP contribution in [0.2, 0.25) is 0 Å². The fraction of sp³-hybridized carbons (Fsp3) is 0.300. The Morgan fingerprint density at radius 2 is 2.14 bits per heavy atom. The summed E-state index contributed by atoms with van der Waals surface area (Å²) in [6, 6.07) is 8.75. The molecule has 4 nitrogen and oxygen atoms in total. The second kappa shape index (κ2) is 5.24. The van der Waals surface area contributed by atoms with Gasteiger partial charge < -0.3 is 15.2 Å². The number of para-hydroxylation sites is 1. The van der Waals surface area contributed by atoms with E-state index in [-0.39, 0.29) is 6.54 Å². The molecule has 76 valence electrons. The number of ether oxygens (including phenoxy) is 1. The molecule has 0 radical (unpaired) electrons. The van der Waals surface area contributed by atoms with Crippen LogP contribution in [0.5, 0.6) is 5.75 Å². The lowest BCUT2D eigenvalue weighted by Gasteiger charge is -2.07. The highest BCUT2D eigenvalue weighted by atomic mass is 16.6. The summed E-state index contributed by atoms with van der Waals surface area (Å²) < 4.78 is 4.90. The second-order valence-corrected chi connectivity index (χ2v) is 2.93. The Balaban J connectivity index is 2.35. The molecule has 0 heterocycles. The minimum Gasteiger partial charge on any atom is -0.410 e. The number of aliphatic hydroxyl groups excluding tert-OH is 1. The van der Waals surface area contributed by atoms with Crippen LogP contribution in [0.3, 0.4) is 0 Å². The molecule has 4 heteroatoms. The first kappa shape index (κ1) is 10.5. The van der Waals surface area contributed by atoms with Crippen molar-refractivity contribution in [3.63, 3.8) is 0 Å². The van der Waals surface area contributed by atoms with Gasteiger partial charge in [0, 0.05) is 6.54 Å². The number of rotatable bonds is 3. The van der Waals surface area contributed by atoms with E-state index in [4.69, 9.17) is 9.84 Å². The van der Waals surface area contributed by atoms with Crippen LogP contribution in [-0.2, 0) is 0 Å². The maximum absolute atomic E-state index is 11.1. The highest BCUT2D eigenvalue weighted by molar-refractivity contribution is 5.70. The van der Waals surface area contributed by atoms with E-state index >= 15 is 0 Å². The molecule has 1 aromatic rings. The zero-order valence-corrected chi connectivity index (χ0v) is 7.93. The largest absolute Gasteiger partial charge is 0.412 e. The molecule has 1 amide bonds. The van der Waals surface area contributed by atoms with Crippen molar-refractivity contribution in [1.82, 2.24) is 5.32 Å². The van der Waals surface area contributed by atoms with Crippen LogP contribution in [-0.4, -0.2) is 23.8 Å². The summed E-state index contributed by atoms with van der Waals surface area (Å²) in [7, 11) is 0. The van der Waals surface area contributed by atoms with E-state index in [1.807, 2.05) is 6.07 Å². The number of carbonyl (C=O) groups excluding carboxylic acids is 1. The molecule has 0 saturated carbocycles. The number of aliphatic hydroxyl groups is 1. The zero-order chi connectivity index (χ0) is 10.4. The van der Waals surface area contributed by atoms with Gasteiger partial charge in [-0.15, -0.1) is 0 Å². The fourth-order valence-corrected chi connectivity index (χ4v) is 0.863. The molecular weight excluding hydrogens is 182 g/mol. The Bertz CT molecular complexity index is 285. The number of hydrogen-bond donors (Lipinski definition) is 2. The molecule has 0 unspecified atom stereocenters. The summed E-state index contributed by atoms with van der Waals surface area (Å²) in [5, 5.41) is 11.3. The Hall–Kier alpha value is -1.55. The van der Waals surface area contributed by atoms with Crippen molar-refractivity contribution in [1.29, 1.82) is 0 Å². The van der Waals surface area contributed by atoms with Crippen LogP contribution in [0.4, 0.5) is 4.79 Å². The first-order chi connectivity index (χ1) is 6.68. The van der Waals surface area contributed by atoms with Crippen LogP contribution >= 0.6 is 0 Å². The third-order valence-electron chi connectivity index (χ3n) is 1.50. The monoisotopic (exact) mass is 195 g/mol. The van der Waals surface area contributed by atoms with Gasteiger partial charge in [-0.3, -0.25) is 0 Å². The maximum atomic E-state index is 11.1. The van der Waals surface area contributed by atoms with Gasteiger partial charge in [-0.1, -0.05) is 18.2 Å². The van der Waals surface area contributed by atoms with Crippen LogP contribution < -0.4 is 10.1 Å². The summed E-state index contributed by atoms with van der Waals surface area (Å²) in [5.41, 5.74) is 0. The van der Waals surface area contributed by atoms with E-state index in [1.165, 1.54) is 0 Å². The van der Waals surface area contributed by atoms with E-state index < -0.39 is 12.2 Å². The Labute approximate surface area is 82.5 Å². The van der Waals surface area contributed by atoms with Gasteiger partial charge in [-0.25, -0.2) is 4.79 Å². The lowest BCUT2D eigenvalue weighted by molar-refractivity contribution is 0.172. The smallest absolute Gasteiger partial charge is 0.410 e. The fourth-order valence-electron chi connectivity index (χ4n) is 0.863. The number of nitrogens with one attached hydrogen (secondary N) is 1. The molecule has 2 N–H and O–H groups in total. The Kier molecular flexibility index (Phi) is 3.94. The molecule has 0 saturated heterocycles. The van der Waals surface area contributed by atoms with E-state index in [1.54, 1.807) is 31.2 Å². The van der Waals surface area contributed by atoms with Crippen LogP contribution in [0.25, 0.3) is 0 Å². The molecule has 1 aromatic carbocycles. The normalized spacial score (nSPS) is 11.9. The van der Waals surface area contributed by atoms with Gasteiger partial charge in [0.05, 0.1) is 6.10 Å². The van der Waals surface area contributed by atoms with Gasteiger partial charge in [0.1, 0.15) is 5.75 Å². The first-order valence-electron chi connectivity index (χ1n) is 4.37. The average molecular weight is 195 g/mol. The third kappa shape index (κ3) is 3.91. The molecule has 0 aliphatic carbocycles. The molecule has 14 heavy (non-hydrogen) atoms. The van der Waals surface area contributed by atoms with Crippen molar-refractivity contribution in [2.75, 3.05) is 6.54 Å². The van der Waals surface area contributed by atoms with Crippen molar-refractivity contribution in [2.24, 2.45) is 0 Å². The summed E-state index contributed by atoms with van der Waals surface area (Å²) in [5.74, 6) is 0.482. The Morgan fingerprint density at radius 1 is 1.50 bits per heavy atom. The minimum absolute atomic E-state index is 0.186. The quantitative estimate of drug-likeness (QED) is 0.760. The third-order valence-corrected chi connectivity index (χ3v) is 1.50. The van der Waals surface area contributed by atoms with Crippen molar-refractivity contribution < 1.29 is 14.6 Å². The number of carbonyl (C=O) groups is 1. The topological polar surface area (TPSA) is 58.6 Å². The van der Waals surface area contributed by atoms with Crippen molar-refractivity contribution in [3.8, 4) is 5.75 Å². The molecule has 0 bridgehead atoms. The van der Waals surface area contributed by atoms with Gasteiger partial charge in [0.25, 0.3) is 0 Å². The van der Waals surface area contributed by atoms with Crippen molar-refractivity contribution >= 4 is 6.09 Å². The molecule has 0 aliphatic rings. The zero-order valence-electron chi connectivity index (χ0n) is 7.93. The van der Waals surface area contributed by atoms with E-state index in [2.05, 4.69) is 5.32 Å². The molecular formula is C10H13NO3. The molecule has 0 spiro atoms. The highest BCUT2D eigenvalue weighted by Crippen LogP contribution is 2.07. The molecule has 0 aliphatic heterocycles. The maximum Gasteiger partial charge on any atom is 0.412 e. The molecule has 0 fully saturated rings. The van der Waals surface area contributed by atoms with Gasteiger partial charge in [-0.05, 0) is 19.1 Å². The van der Waals surface area contributed by atoms with Gasteiger partial charge in [0.2, 0.25) is 0 Å². The first-order valence-corrected chi connectivity index (χ1v) is 4.37. The predicted octanol–water partition coefficient (Wildman–Crippen LogP) is 1.16. The number of amides is 1. The SMILES string of the molecule is C[C@H](O)CNC(=O)Oc1ccccc1. The highest BCUT2D eigenvalue weighted by Gasteiger charge is 2.04. The van der Waals surface area contributed by atoms with E-state index in [0.717, 1.165) is 0 Å². The summed E-state index contributed by atoms with van der Waals surface area (Å²) in [6.07, 6.45) is -1.13. The molecule has 1 atom stereocenters. The summed E-state index contributed by atoms with van der Waals surface area (Å²) in [6.45, 7) is 1.77. The van der Waals surface area contributed by atoms with Gasteiger partial charge >= 0.3 is 6.09 Å². The van der Waals surface area contributed by atoms with Gasteiger partial charge in [0.15, 0.2) is 0 Å². The van der Waals surface area contributed by atoms with Crippen molar-refractivity contribution in [2.45, 2.75) is 13.0 Å². The standard InChI is InChI=1S/C10H13NO3/c1-8(12)7-11-10(13)14-9-5-3-2-4-6-9/h2-6,8,12H,7H2,1H3,(H,11,13)/t8-/m0/s1. The van der Waals surface area contributed by atoms with Crippen LogP contribution in [0.1, 0.15) is 6.92 Å². The minimum atomic E-state index is -0.571. The summed E-state index contributed by atoms with van der Waals surface area (Å²) in [4.78, 5) is 11.1. The summed E-state index contributed by atoms with van der Waals surface area (Å²) >= 11 is 0.